The van der Waals surface area contributed by atoms with Gasteiger partial charge in [-0.2, -0.15) is 0 Å². The van der Waals surface area contributed by atoms with E-state index >= 15 is 0 Å². The first-order valence-corrected chi connectivity index (χ1v) is 6.75. The summed E-state index contributed by atoms with van der Waals surface area (Å²) in [7, 11) is 3.61. The average molecular weight is 329 g/mol. The number of hydrogen-bond donors (Lipinski definition) is 1. The standard InChI is InChI=1S/C15H17ClN2O2.ClH/c1-17-9-10-18(2)15(19)14-8-7-13(20-14)11-3-5-12(16)6-4-11;/h3-8,17H,9-10H2,1-2H3;1H. The van der Waals surface area contributed by atoms with Gasteiger partial charge in [-0.15, -0.1) is 12.4 Å². The Labute approximate surface area is 135 Å². The van der Waals surface area contributed by atoms with E-state index in [2.05, 4.69) is 5.32 Å². The van der Waals surface area contributed by atoms with Crippen LogP contribution in [0.5, 0.6) is 0 Å². The quantitative estimate of drug-likeness (QED) is 0.915. The van der Waals surface area contributed by atoms with Crippen molar-refractivity contribution in [2.24, 2.45) is 0 Å². The van der Waals surface area contributed by atoms with Crippen LogP contribution < -0.4 is 5.32 Å². The lowest BCUT2D eigenvalue weighted by Gasteiger charge is -2.14. The van der Waals surface area contributed by atoms with Gasteiger partial charge in [0.05, 0.1) is 0 Å². The summed E-state index contributed by atoms with van der Waals surface area (Å²) in [4.78, 5) is 13.8. The number of furan rings is 1. The van der Waals surface area contributed by atoms with Crippen LogP contribution in [0.3, 0.4) is 0 Å². The van der Waals surface area contributed by atoms with Gasteiger partial charge in [-0.1, -0.05) is 11.6 Å². The highest BCUT2D eigenvalue weighted by Crippen LogP contribution is 2.24. The third-order valence-electron chi connectivity index (χ3n) is 2.99. The monoisotopic (exact) mass is 328 g/mol. The minimum absolute atomic E-state index is 0. The molecule has 1 heterocycles. The largest absolute Gasteiger partial charge is 0.451 e. The second kappa shape index (κ2) is 8.08. The SMILES string of the molecule is CNCCN(C)C(=O)c1ccc(-c2ccc(Cl)cc2)o1.Cl. The van der Waals surface area contributed by atoms with Crippen LogP contribution in [-0.4, -0.2) is 38.0 Å². The van der Waals surface area contributed by atoms with Crippen LogP contribution in [0.25, 0.3) is 11.3 Å². The van der Waals surface area contributed by atoms with E-state index in [1.165, 1.54) is 0 Å². The maximum absolute atomic E-state index is 12.1. The number of carbonyl (C=O) groups excluding carboxylic acids is 1. The van der Waals surface area contributed by atoms with Crippen molar-refractivity contribution in [3.05, 3.63) is 47.2 Å². The number of hydrogen-bond acceptors (Lipinski definition) is 3. The highest BCUT2D eigenvalue weighted by atomic mass is 35.5. The van der Waals surface area contributed by atoms with E-state index in [0.717, 1.165) is 12.1 Å². The lowest BCUT2D eigenvalue weighted by molar-refractivity contribution is 0.0766. The fourth-order valence-electron chi connectivity index (χ4n) is 1.79. The minimum atomic E-state index is -0.125. The first-order valence-electron chi connectivity index (χ1n) is 6.37. The van der Waals surface area contributed by atoms with Crippen molar-refractivity contribution in [2.75, 3.05) is 27.2 Å². The van der Waals surface area contributed by atoms with E-state index < -0.39 is 0 Å². The molecular formula is C15H18Cl2N2O2. The summed E-state index contributed by atoms with van der Waals surface area (Å²) in [6.45, 7) is 1.37. The lowest BCUT2D eigenvalue weighted by atomic mass is 10.2. The molecule has 4 nitrogen and oxygen atoms in total. The summed E-state index contributed by atoms with van der Waals surface area (Å²) < 4.78 is 5.62. The van der Waals surface area contributed by atoms with Crippen LogP contribution in [-0.2, 0) is 0 Å². The van der Waals surface area contributed by atoms with Gasteiger partial charge in [0.15, 0.2) is 5.76 Å². The molecular weight excluding hydrogens is 311 g/mol. The second-order valence-corrected chi connectivity index (χ2v) is 4.94. The molecule has 2 rings (SSSR count). The number of halogens is 2. The molecule has 0 bridgehead atoms. The Hall–Kier alpha value is -1.49. The molecule has 0 aliphatic heterocycles. The second-order valence-electron chi connectivity index (χ2n) is 4.50. The molecule has 1 amide bonds. The highest BCUT2D eigenvalue weighted by molar-refractivity contribution is 6.30. The van der Waals surface area contributed by atoms with Crippen molar-refractivity contribution in [3.63, 3.8) is 0 Å². The number of amides is 1. The molecule has 1 aromatic carbocycles. The number of benzene rings is 1. The summed E-state index contributed by atoms with van der Waals surface area (Å²) in [5.41, 5.74) is 0.895. The zero-order chi connectivity index (χ0) is 14.5. The van der Waals surface area contributed by atoms with Gasteiger partial charge < -0.3 is 14.6 Å². The Kier molecular flexibility index (Phi) is 6.75. The molecule has 0 aliphatic carbocycles. The van der Waals surface area contributed by atoms with Crippen LogP contribution in [0, 0.1) is 0 Å². The summed E-state index contributed by atoms with van der Waals surface area (Å²) in [5, 5.41) is 3.67. The first-order chi connectivity index (χ1) is 9.61. The number of carbonyl (C=O) groups is 1. The molecule has 6 heteroatoms. The zero-order valence-corrected chi connectivity index (χ0v) is 13.5. The lowest BCUT2D eigenvalue weighted by Crippen LogP contribution is -2.32. The third kappa shape index (κ3) is 4.49. The smallest absolute Gasteiger partial charge is 0.289 e. The van der Waals surface area contributed by atoms with E-state index in [9.17, 15) is 4.79 Å². The highest BCUT2D eigenvalue weighted by Gasteiger charge is 2.16. The van der Waals surface area contributed by atoms with Gasteiger partial charge in [0.2, 0.25) is 0 Å². The predicted octanol–water partition coefficient (Wildman–Crippen LogP) is 3.31. The molecule has 0 saturated heterocycles. The van der Waals surface area contributed by atoms with Crippen LogP contribution in [0.2, 0.25) is 5.02 Å². The van der Waals surface area contributed by atoms with Gasteiger partial charge >= 0.3 is 0 Å². The van der Waals surface area contributed by atoms with Gasteiger partial charge in [0, 0.05) is 30.7 Å². The number of rotatable bonds is 5. The van der Waals surface area contributed by atoms with Gasteiger partial charge in [-0.25, -0.2) is 0 Å². The van der Waals surface area contributed by atoms with E-state index in [0.29, 0.717) is 23.1 Å². The van der Waals surface area contributed by atoms with E-state index in [1.807, 2.05) is 19.2 Å². The molecule has 1 N–H and O–H groups in total. The molecule has 0 saturated carbocycles. The Bertz CT molecular complexity index is 582. The summed E-state index contributed by atoms with van der Waals surface area (Å²) in [6.07, 6.45) is 0. The minimum Gasteiger partial charge on any atom is -0.451 e. The van der Waals surface area contributed by atoms with Gasteiger partial charge in [0.25, 0.3) is 5.91 Å². The molecule has 0 aliphatic rings. The van der Waals surface area contributed by atoms with Gasteiger partial charge in [0.1, 0.15) is 5.76 Å². The van der Waals surface area contributed by atoms with Crippen LogP contribution in [0.15, 0.2) is 40.8 Å². The Morgan fingerprint density at radius 3 is 2.52 bits per heavy atom. The van der Waals surface area contributed by atoms with Crippen molar-refractivity contribution in [1.82, 2.24) is 10.2 Å². The van der Waals surface area contributed by atoms with Crippen molar-refractivity contribution in [3.8, 4) is 11.3 Å². The normalized spacial score (nSPS) is 10.0. The predicted molar refractivity (Wildman–Crippen MR) is 87.3 cm³/mol. The molecule has 0 spiro atoms. The number of nitrogens with zero attached hydrogens (tertiary/aromatic N) is 1. The maximum atomic E-state index is 12.1. The maximum Gasteiger partial charge on any atom is 0.289 e. The number of nitrogens with one attached hydrogen (secondary N) is 1. The van der Waals surface area contributed by atoms with Crippen molar-refractivity contribution < 1.29 is 9.21 Å². The van der Waals surface area contributed by atoms with Gasteiger partial charge in [-0.05, 0) is 43.4 Å². The molecule has 0 fully saturated rings. The molecule has 0 radical (unpaired) electrons. The fraction of sp³-hybridized carbons (Fsp3) is 0.267. The van der Waals surface area contributed by atoms with Crippen LogP contribution in [0.4, 0.5) is 0 Å². The molecule has 0 atom stereocenters. The molecule has 1 aromatic heterocycles. The van der Waals surface area contributed by atoms with Crippen LogP contribution in [0.1, 0.15) is 10.6 Å². The van der Waals surface area contributed by atoms with E-state index in [4.69, 9.17) is 16.0 Å². The molecule has 2 aromatic rings. The number of likely N-dealkylation sites (N-methyl/N-ethyl adjacent to an activating group) is 2. The van der Waals surface area contributed by atoms with E-state index in [1.54, 1.807) is 36.2 Å². The summed E-state index contributed by atoms with van der Waals surface area (Å²) in [5.74, 6) is 0.876. The van der Waals surface area contributed by atoms with Crippen molar-refractivity contribution in [2.45, 2.75) is 0 Å². The molecule has 0 unspecified atom stereocenters. The molecule has 21 heavy (non-hydrogen) atoms. The van der Waals surface area contributed by atoms with Crippen molar-refractivity contribution >= 4 is 29.9 Å². The zero-order valence-electron chi connectivity index (χ0n) is 11.9. The van der Waals surface area contributed by atoms with Gasteiger partial charge in [-0.3, -0.25) is 4.79 Å². The van der Waals surface area contributed by atoms with Crippen LogP contribution >= 0.6 is 24.0 Å². The Morgan fingerprint density at radius 2 is 1.90 bits per heavy atom. The Morgan fingerprint density at radius 1 is 1.24 bits per heavy atom. The Balaban J connectivity index is 0.00000220. The summed E-state index contributed by atoms with van der Waals surface area (Å²) >= 11 is 5.85. The first kappa shape index (κ1) is 17.6. The topological polar surface area (TPSA) is 45.5 Å². The fourth-order valence-corrected chi connectivity index (χ4v) is 1.92. The third-order valence-corrected chi connectivity index (χ3v) is 3.24. The van der Waals surface area contributed by atoms with E-state index in [-0.39, 0.29) is 18.3 Å². The summed E-state index contributed by atoms with van der Waals surface area (Å²) in [6, 6.07) is 10.8. The molecule has 114 valence electrons. The van der Waals surface area contributed by atoms with Crippen molar-refractivity contribution in [1.29, 1.82) is 0 Å². The average Bonchev–Trinajstić information content (AvgIpc) is 2.94.